The molecule has 5 heteroatoms. The van der Waals surface area contributed by atoms with Crippen molar-refractivity contribution in [1.29, 1.82) is 5.26 Å². The predicted molar refractivity (Wildman–Crippen MR) is 65.0 cm³/mol. The monoisotopic (exact) mass is 241 g/mol. The fourth-order valence-corrected chi connectivity index (χ4v) is 1.47. The van der Waals surface area contributed by atoms with Crippen molar-refractivity contribution in [1.82, 2.24) is 5.16 Å². The van der Waals surface area contributed by atoms with E-state index in [4.69, 9.17) is 9.78 Å². The van der Waals surface area contributed by atoms with Crippen LogP contribution in [0.1, 0.15) is 21.8 Å². The zero-order chi connectivity index (χ0) is 13.0. The molecule has 90 valence electrons. The van der Waals surface area contributed by atoms with Gasteiger partial charge in [-0.2, -0.15) is 5.26 Å². The molecular formula is C13H11N3O2. The molecule has 0 atom stereocenters. The first-order valence-electron chi connectivity index (χ1n) is 5.39. The number of amides is 1. The van der Waals surface area contributed by atoms with Crippen molar-refractivity contribution in [3.63, 3.8) is 0 Å². The van der Waals surface area contributed by atoms with Gasteiger partial charge >= 0.3 is 0 Å². The number of benzene rings is 1. The third-order valence-corrected chi connectivity index (χ3v) is 2.36. The van der Waals surface area contributed by atoms with Gasteiger partial charge in [0.1, 0.15) is 5.76 Å². The van der Waals surface area contributed by atoms with Crippen LogP contribution in [-0.4, -0.2) is 11.1 Å². The van der Waals surface area contributed by atoms with E-state index in [0.717, 1.165) is 5.56 Å². The van der Waals surface area contributed by atoms with Gasteiger partial charge in [0, 0.05) is 11.8 Å². The van der Waals surface area contributed by atoms with Crippen LogP contribution in [0, 0.1) is 18.3 Å². The molecule has 18 heavy (non-hydrogen) atoms. The van der Waals surface area contributed by atoms with Crippen LogP contribution in [0.4, 0.5) is 5.69 Å². The largest absolute Gasteiger partial charge is 0.361 e. The van der Waals surface area contributed by atoms with Crippen LogP contribution in [0.5, 0.6) is 0 Å². The predicted octanol–water partition coefficient (Wildman–Crippen LogP) is 2.30. The zero-order valence-electron chi connectivity index (χ0n) is 9.80. The van der Waals surface area contributed by atoms with E-state index in [0.29, 0.717) is 17.9 Å². The second kappa shape index (κ2) is 5.15. The SMILES string of the molecule is Cc1cc(C(=O)Nc2ccc(CC#N)cc2)no1. The first-order valence-corrected chi connectivity index (χ1v) is 5.39. The van der Waals surface area contributed by atoms with Gasteiger partial charge in [-0.05, 0) is 24.6 Å². The van der Waals surface area contributed by atoms with Crippen LogP contribution >= 0.6 is 0 Å². The smallest absolute Gasteiger partial charge is 0.277 e. The maximum absolute atomic E-state index is 11.8. The summed E-state index contributed by atoms with van der Waals surface area (Å²) in [6.07, 6.45) is 0.358. The summed E-state index contributed by atoms with van der Waals surface area (Å²) in [7, 11) is 0. The molecule has 1 aromatic heterocycles. The minimum Gasteiger partial charge on any atom is -0.361 e. The average molecular weight is 241 g/mol. The van der Waals surface area contributed by atoms with Crippen LogP contribution in [-0.2, 0) is 6.42 Å². The Kier molecular flexibility index (Phi) is 3.39. The first kappa shape index (κ1) is 11.9. The van der Waals surface area contributed by atoms with Crippen molar-refractivity contribution in [2.75, 3.05) is 5.32 Å². The number of aromatic nitrogens is 1. The highest BCUT2D eigenvalue weighted by molar-refractivity contribution is 6.02. The van der Waals surface area contributed by atoms with Crippen molar-refractivity contribution in [3.05, 3.63) is 47.3 Å². The molecule has 0 saturated carbocycles. The summed E-state index contributed by atoms with van der Waals surface area (Å²) in [6.45, 7) is 1.72. The van der Waals surface area contributed by atoms with Crippen LogP contribution in [0.25, 0.3) is 0 Å². The quantitative estimate of drug-likeness (QED) is 0.894. The summed E-state index contributed by atoms with van der Waals surface area (Å²) in [5.41, 5.74) is 1.81. The molecule has 0 aliphatic heterocycles. The third-order valence-electron chi connectivity index (χ3n) is 2.36. The van der Waals surface area contributed by atoms with Crippen molar-refractivity contribution in [3.8, 4) is 6.07 Å². The fraction of sp³-hybridized carbons (Fsp3) is 0.154. The van der Waals surface area contributed by atoms with E-state index in [9.17, 15) is 4.79 Å². The van der Waals surface area contributed by atoms with Crippen molar-refractivity contribution >= 4 is 11.6 Å². The van der Waals surface area contributed by atoms with Gasteiger partial charge in [0.2, 0.25) is 0 Å². The highest BCUT2D eigenvalue weighted by Gasteiger charge is 2.10. The molecule has 0 bridgehead atoms. The number of nitriles is 1. The van der Waals surface area contributed by atoms with E-state index < -0.39 is 0 Å². The summed E-state index contributed by atoms with van der Waals surface area (Å²) >= 11 is 0. The maximum atomic E-state index is 11.8. The number of nitrogens with one attached hydrogen (secondary N) is 1. The minimum absolute atomic E-state index is 0.244. The summed E-state index contributed by atoms with van der Waals surface area (Å²) in [4.78, 5) is 11.8. The number of nitrogens with zero attached hydrogens (tertiary/aromatic N) is 2. The molecule has 1 aromatic carbocycles. The van der Waals surface area contributed by atoms with Crippen LogP contribution in [0.3, 0.4) is 0 Å². The second-order valence-corrected chi connectivity index (χ2v) is 3.81. The van der Waals surface area contributed by atoms with Gasteiger partial charge in [-0.1, -0.05) is 17.3 Å². The molecule has 2 aromatic rings. The Morgan fingerprint density at radius 1 is 1.44 bits per heavy atom. The number of anilines is 1. The highest BCUT2D eigenvalue weighted by Crippen LogP contribution is 2.11. The lowest BCUT2D eigenvalue weighted by Gasteiger charge is -2.03. The van der Waals surface area contributed by atoms with Gasteiger partial charge in [-0.3, -0.25) is 4.79 Å². The molecule has 0 unspecified atom stereocenters. The lowest BCUT2D eigenvalue weighted by molar-refractivity contribution is 0.101. The van der Waals surface area contributed by atoms with E-state index in [1.807, 2.05) is 0 Å². The Labute approximate surface area is 104 Å². The third kappa shape index (κ3) is 2.74. The van der Waals surface area contributed by atoms with E-state index >= 15 is 0 Å². The number of rotatable bonds is 3. The summed E-state index contributed by atoms with van der Waals surface area (Å²) in [6, 6.07) is 10.7. The van der Waals surface area contributed by atoms with E-state index in [1.54, 1.807) is 37.3 Å². The number of hydrogen-bond acceptors (Lipinski definition) is 4. The Balaban J connectivity index is 2.05. The molecule has 0 aliphatic carbocycles. The number of hydrogen-bond donors (Lipinski definition) is 1. The molecule has 1 amide bonds. The van der Waals surface area contributed by atoms with Gasteiger partial charge in [0.25, 0.3) is 5.91 Å². The molecule has 1 N–H and O–H groups in total. The molecule has 5 nitrogen and oxygen atoms in total. The molecule has 2 rings (SSSR count). The van der Waals surface area contributed by atoms with Gasteiger partial charge < -0.3 is 9.84 Å². The van der Waals surface area contributed by atoms with Gasteiger partial charge in [0.15, 0.2) is 5.69 Å². The van der Waals surface area contributed by atoms with Crippen molar-refractivity contribution in [2.45, 2.75) is 13.3 Å². The summed E-state index contributed by atoms with van der Waals surface area (Å²) < 4.78 is 4.83. The molecule has 0 saturated heterocycles. The van der Waals surface area contributed by atoms with Crippen LogP contribution in [0.15, 0.2) is 34.9 Å². The summed E-state index contributed by atoms with van der Waals surface area (Å²) in [5, 5.41) is 14.9. The normalized spacial score (nSPS) is 9.78. The standard InChI is InChI=1S/C13H11N3O2/c1-9-8-12(16-18-9)13(17)15-11-4-2-10(3-5-11)6-7-14/h2-5,8H,6H2,1H3,(H,15,17). The van der Waals surface area contributed by atoms with E-state index in [2.05, 4.69) is 16.5 Å². The highest BCUT2D eigenvalue weighted by atomic mass is 16.5. The Hall–Kier alpha value is -2.61. The molecular weight excluding hydrogens is 230 g/mol. The van der Waals surface area contributed by atoms with Crippen LogP contribution < -0.4 is 5.32 Å². The van der Waals surface area contributed by atoms with Crippen molar-refractivity contribution in [2.24, 2.45) is 0 Å². The molecule has 0 spiro atoms. The Morgan fingerprint density at radius 3 is 2.72 bits per heavy atom. The molecule has 0 fully saturated rings. The molecule has 0 aliphatic rings. The topological polar surface area (TPSA) is 78.9 Å². The maximum Gasteiger partial charge on any atom is 0.277 e. The van der Waals surface area contributed by atoms with Crippen LogP contribution in [0.2, 0.25) is 0 Å². The summed E-state index contributed by atoms with van der Waals surface area (Å²) in [5.74, 6) is 0.268. The van der Waals surface area contributed by atoms with E-state index in [-0.39, 0.29) is 11.6 Å². The lowest BCUT2D eigenvalue weighted by atomic mass is 10.1. The number of carbonyl (C=O) groups is 1. The number of carbonyl (C=O) groups excluding carboxylic acids is 1. The van der Waals surface area contributed by atoms with Crippen molar-refractivity contribution < 1.29 is 9.32 Å². The first-order chi connectivity index (χ1) is 8.69. The Morgan fingerprint density at radius 2 is 2.17 bits per heavy atom. The Bertz CT molecular complexity index is 593. The van der Waals surface area contributed by atoms with Gasteiger partial charge in [0.05, 0.1) is 12.5 Å². The van der Waals surface area contributed by atoms with Gasteiger partial charge in [-0.15, -0.1) is 0 Å². The average Bonchev–Trinajstić information content (AvgIpc) is 2.79. The zero-order valence-corrected chi connectivity index (χ0v) is 9.80. The number of aryl methyl sites for hydroxylation is 1. The second-order valence-electron chi connectivity index (χ2n) is 3.81. The van der Waals surface area contributed by atoms with E-state index in [1.165, 1.54) is 0 Å². The fourth-order valence-electron chi connectivity index (χ4n) is 1.47. The lowest BCUT2D eigenvalue weighted by Crippen LogP contribution is -2.12. The molecule has 0 radical (unpaired) electrons. The minimum atomic E-state index is -0.320. The molecule has 1 heterocycles. The van der Waals surface area contributed by atoms with Gasteiger partial charge in [-0.25, -0.2) is 0 Å².